The number of halogens is 1. The van der Waals surface area contributed by atoms with Crippen LogP contribution in [0.15, 0.2) is 24.4 Å². The Hall–Kier alpha value is -3.10. The van der Waals surface area contributed by atoms with Crippen LogP contribution in [0.3, 0.4) is 0 Å². The van der Waals surface area contributed by atoms with Gasteiger partial charge in [-0.15, -0.1) is 0 Å². The lowest BCUT2D eigenvalue weighted by atomic mass is 10.1. The highest BCUT2D eigenvalue weighted by molar-refractivity contribution is 6.08. The average Bonchev–Trinajstić information content (AvgIpc) is 2.44. The van der Waals surface area contributed by atoms with Gasteiger partial charge in [-0.2, -0.15) is 0 Å². The van der Waals surface area contributed by atoms with Crippen LogP contribution in [0.25, 0.3) is 10.8 Å². The molecule has 2 aromatic rings. The first-order valence-corrected chi connectivity index (χ1v) is 5.63. The Balaban J connectivity index is 2.60. The molecule has 0 bridgehead atoms. The summed E-state index contributed by atoms with van der Waals surface area (Å²) in [5.74, 6) is -3.07. The molecule has 1 amide bonds. The molecular weight excluding hydrogens is 285 g/mol. The fourth-order valence-corrected chi connectivity index (χ4v) is 1.81. The molecule has 108 valence electrons. The summed E-state index contributed by atoms with van der Waals surface area (Å²) in [6.45, 7) is -0.673. The lowest BCUT2D eigenvalue weighted by molar-refractivity contribution is -0.383. The summed E-state index contributed by atoms with van der Waals surface area (Å²) in [5, 5.41) is 21.0. The molecule has 2 N–H and O–H groups in total. The predicted molar refractivity (Wildman–Crippen MR) is 68.3 cm³/mol. The van der Waals surface area contributed by atoms with Gasteiger partial charge in [-0.1, -0.05) is 0 Å². The van der Waals surface area contributed by atoms with Crippen LogP contribution in [0, 0.1) is 15.9 Å². The van der Waals surface area contributed by atoms with Crippen LogP contribution in [0.1, 0.15) is 10.5 Å². The number of non-ortho nitro benzene ring substituents is 1. The van der Waals surface area contributed by atoms with E-state index in [-0.39, 0.29) is 16.5 Å². The molecule has 21 heavy (non-hydrogen) atoms. The highest BCUT2D eigenvalue weighted by Crippen LogP contribution is 2.29. The zero-order chi connectivity index (χ0) is 15.6. The van der Waals surface area contributed by atoms with Crippen LogP contribution in [-0.2, 0) is 4.79 Å². The maximum atomic E-state index is 13.9. The number of nitro groups is 1. The number of amides is 1. The van der Waals surface area contributed by atoms with E-state index >= 15 is 0 Å². The van der Waals surface area contributed by atoms with E-state index in [0.29, 0.717) is 0 Å². The third kappa shape index (κ3) is 2.76. The number of nitro benzene ring substituents is 1. The van der Waals surface area contributed by atoms with E-state index in [1.54, 1.807) is 0 Å². The molecule has 0 spiro atoms. The Labute approximate surface area is 116 Å². The van der Waals surface area contributed by atoms with Crippen molar-refractivity contribution in [2.75, 3.05) is 6.54 Å². The first-order chi connectivity index (χ1) is 9.91. The van der Waals surface area contributed by atoms with E-state index in [0.717, 1.165) is 18.3 Å². The van der Waals surface area contributed by atoms with Gasteiger partial charge in [-0.3, -0.25) is 24.7 Å². The minimum atomic E-state index is -1.28. The molecule has 1 heterocycles. The summed E-state index contributed by atoms with van der Waals surface area (Å²) in [6, 6.07) is 3.05. The number of carboxylic acid groups (broad SMARTS) is 1. The number of pyridine rings is 1. The number of nitrogens with one attached hydrogen (secondary N) is 1. The van der Waals surface area contributed by atoms with Gasteiger partial charge in [0.05, 0.1) is 15.7 Å². The van der Waals surface area contributed by atoms with Gasteiger partial charge in [-0.25, -0.2) is 4.39 Å². The number of carbonyl (C=O) groups is 2. The van der Waals surface area contributed by atoms with E-state index in [1.807, 2.05) is 5.32 Å². The van der Waals surface area contributed by atoms with Crippen molar-refractivity contribution in [2.45, 2.75) is 0 Å². The van der Waals surface area contributed by atoms with E-state index in [4.69, 9.17) is 5.11 Å². The summed E-state index contributed by atoms with van der Waals surface area (Å²) in [5.41, 5.74) is -0.781. The van der Waals surface area contributed by atoms with Gasteiger partial charge in [0.15, 0.2) is 0 Å². The van der Waals surface area contributed by atoms with Crippen molar-refractivity contribution in [3.05, 3.63) is 46.0 Å². The molecule has 1 aromatic carbocycles. The Kier molecular flexibility index (Phi) is 3.74. The number of fused-ring (bicyclic) bond motifs is 1. The number of hydrogen-bond donors (Lipinski definition) is 2. The SMILES string of the molecule is O=C(O)CNC(=O)c1nccc2c([N+](=O)[O-])ccc(F)c12. The standard InChI is InChI=1S/C12H8FN3O5/c13-7-1-2-8(16(20)21)6-3-4-14-11(10(6)7)12(19)15-5-9(17)18/h1-4H,5H2,(H,15,19)(H,17,18). The minimum absolute atomic E-state index is 0.0875. The molecule has 0 atom stereocenters. The van der Waals surface area contributed by atoms with Crippen molar-refractivity contribution in [2.24, 2.45) is 0 Å². The zero-order valence-electron chi connectivity index (χ0n) is 10.4. The maximum absolute atomic E-state index is 13.9. The smallest absolute Gasteiger partial charge is 0.322 e. The van der Waals surface area contributed by atoms with Crippen molar-refractivity contribution in [3.63, 3.8) is 0 Å². The number of aliphatic carboxylic acids is 1. The first-order valence-electron chi connectivity index (χ1n) is 5.63. The first kappa shape index (κ1) is 14.3. The lowest BCUT2D eigenvalue weighted by Gasteiger charge is -2.07. The Morgan fingerprint density at radius 1 is 1.38 bits per heavy atom. The molecule has 0 aliphatic heterocycles. The van der Waals surface area contributed by atoms with Gasteiger partial charge in [-0.05, 0) is 12.1 Å². The van der Waals surface area contributed by atoms with Gasteiger partial charge in [0.1, 0.15) is 18.1 Å². The third-order valence-corrected chi connectivity index (χ3v) is 2.67. The van der Waals surface area contributed by atoms with Crippen LogP contribution in [0.2, 0.25) is 0 Å². The maximum Gasteiger partial charge on any atom is 0.322 e. The second kappa shape index (κ2) is 5.49. The highest BCUT2D eigenvalue weighted by Gasteiger charge is 2.21. The second-order valence-corrected chi connectivity index (χ2v) is 3.98. The monoisotopic (exact) mass is 293 g/mol. The molecule has 0 aliphatic rings. The van der Waals surface area contributed by atoms with E-state index in [1.165, 1.54) is 6.07 Å². The average molecular weight is 293 g/mol. The van der Waals surface area contributed by atoms with Crippen LogP contribution in [0.5, 0.6) is 0 Å². The van der Waals surface area contributed by atoms with Crippen LogP contribution in [0.4, 0.5) is 10.1 Å². The van der Waals surface area contributed by atoms with Gasteiger partial charge >= 0.3 is 5.97 Å². The summed E-state index contributed by atoms with van der Waals surface area (Å²) in [7, 11) is 0. The number of rotatable bonds is 4. The molecule has 0 radical (unpaired) electrons. The largest absolute Gasteiger partial charge is 0.480 e. The predicted octanol–water partition coefficient (Wildman–Crippen LogP) is 1.10. The van der Waals surface area contributed by atoms with Crippen molar-refractivity contribution in [1.82, 2.24) is 10.3 Å². The van der Waals surface area contributed by atoms with E-state index in [2.05, 4.69) is 4.98 Å². The van der Waals surface area contributed by atoms with Gasteiger partial charge < -0.3 is 10.4 Å². The Morgan fingerprint density at radius 2 is 2.10 bits per heavy atom. The number of benzene rings is 1. The summed E-state index contributed by atoms with van der Waals surface area (Å²) in [6.07, 6.45) is 1.12. The number of carbonyl (C=O) groups excluding carboxylic acids is 1. The van der Waals surface area contributed by atoms with Crippen molar-refractivity contribution in [3.8, 4) is 0 Å². The van der Waals surface area contributed by atoms with Crippen molar-refractivity contribution < 1.29 is 24.0 Å². The molecule has 1 aromatic heterocycles. The molecule has 0 saturated heterocycles. The second-order valence-electron chi connectivity index (χ2n) is 3.98. The molecule has 0 fully saturated rings. The fourth-order valence-electron chi connectivity index (χ4n) is 1.81. The number of aromatic nitrogens is 1. The zero-order valence-corrected chi connectivity index (χ0v) is 10.4. The summed E-state index contributed by atoms with van der Waals surface area (Å²) >= 11 is 0. The Morgan fingerprint density at radius 3 is 2.71 bits per heavy atom. The molecule has 0 unspecified atom stereocenters. The molecule has 8 nitrogen and oxygen atoms in total. The molecule has 9 heteroatoms. The number of hydrogen-bond acceptors (Lipinski definition) is 5. The summed E-state index contributed by atoms with van der Waals surface area (Å²) in [4.78, 5) is 36.1. The van der Waals surface area contributed by atoms with E-state index < -0.39 is 34.9 Å². The third-order valence-electron chi connectivity index (χ3n) is 2.67. The normalized spacial score (nSPS) is 10.3. The highest BCUT2D eigenvalue weighted by atomic mass is 19.1. The van der Waals surface area contributed by atoms with Gasteiger partial charge in [0, 0.05) is 12.3 Å². The molecular formula is C12H8FN3O5. The van der Waals surface area contributed by atoms with Crippen LogP contribution < -0.4 is 5.32 Å². The quantitative estimate of drug-likeness (QED) is 0.642. The fraction of sp³-hybridized carbons (Fsp3) is 0.0833. The van der Waals surface area contributed by atoms with E-state index in [9.17, 15) is 24.1 Å². The van der Waals surface area contributed by atoms with Crippen LogP contribution in [-0.4, -0.2) is 33.4 Å². The summed E-state index contributed by atoms with van der Waals surface area (Å²) < 4.78 is 13.9. The molecule has 0 saturated carbocycles. The minimum Gasteiger partial charge on any atom is -0.480 e. The van der Waals surface area contributed by atoms with Crippen LogP contribution >= 0.6 is 0 Å². The Bertz CT molecular complexity index is 762. The number of nitrogens with zero attached hydrogens (tertiary/aromatic N) is 2. The van der Waals surface area contributed by atoms with Gasteiger partial charge in [0.25, 0.3) is 11.6 Å². The molecule has 2 rings (SSSR count). The lowest BCUT2D eigenvalue weighted by Crippen LogP contribution is -2.30. The van der Waals surface area contributed by atoms with Gasteiger partial charge in [0.2, 0.25) is 0 Å². The van der Waals surface area contributed by atoms with Crippen molar-refractivity contribution >= 4 is 28.3 Å². The number of carboxylic acids is 1. The van der Waals surface area contributed by atoms with Crippen molar-refractivity contribution in [1.29, 1.82) is 0 Å². The topological polar surface area (TPSA) is 122 Å². The molecule has 0 aliphatic carbocycles.